The van der Waals surface area contributed by atoms with Crippen molar-refractivity contribution in [2.45, 2.75) is 44.6 Å². The van der Waals surface area contributed by atoms with Crippen molar-refractivity contribution in [1.82, 2.24) is 19.6 Å². The quantitative estimate of drug-likeness (QED) is 0.648. The van der Waals surface area contributed by atoms with Gasteiger partial charge in [-0.25, -0.2) is 9.78 Å². The van der Waals surface area contributed by atoms with Gasteiger partial charge in [0.2, 0.25) is 11.8 Å². The topological polar surface area (TPSA) is 130 Å². The van der Waals surface area contributed by atoms with Crippen molar-refractivity contribution in [1.29, 1.82) is 0 Å². The summed E-state index contributed by atoms with van der Waals surface area (Å²) in [5.74, 6) is -3.20. The van der Waals surface area contributed by atoms with Gasteiger partial charge in [-0.2, -0.15) is 13.2 Å². The number of nitrogens with zero attached hydrogens (tertiary/aromatic N) is 3. The van der Waals surface area contributed by atoms with Crippen molar-refractivity contribution < 1.29 is 32.7 Å². The van der Waals surface area contributed by atoms with Gasteiger partial charge in [0.15, 0.2) is 0 Å². The smallest absolute Gasteiger partial charge is 0.475 e. The molecular weight excluding hydrogens is 407 g/mol. The Labute approximate surface area is 169 Å². The Morgan fingerprint density at radius 3 is 2.63 bits per heavy atom. The van der Waals surface area contributed by atoms with Crippen LogP contribution in [0.2, 0.25) is 0 Å². The zero-order valence-electron chi connectivity index (χ0n) is 16.1. The van der Waals surface area contributed by atoms with Crippen LogP contribution in [0.15, 0.2) is 30.7 Å². The third-order valence-electron chi connectivity index (χ3n) is 4.66. The summed E-state index contributed by atoms with van der Waals surface area (Å²) in [6, 6.07) is 3.15. The van der Waals surface area contributed by atoms with Gasteiger partial charge in [-0.1, -0.05) is 6.07 Å². The van der Waals surface area contributed by atoms with Crippen molar-refractivity contribution in [3.05, 3.63) is 36.3 Å². The molecule has 1 aliphatic heterocycles. The average Bonchev–Trinajstić information content (AvgIpc) is 3.33. The Hall–Kier alpha value is -3.15. The number of hydrogen-bond donors (Lipinski definition) is 3. The molecule has 0 saturated carbocycles. The van der Waals surface area contributed by atoms with E-state index in [2.05, 4.69) is 10.3 Å². The number of likely N-dealkylation sites (tertiary alicyclic amines) is 1. The van der Waals surface area contributed by atoms with Crippen LogP contribution in [0, 0.1) is 0 Å². The van der Waals surface area contributed by atoms with Gasteiger partial charge in [0.05, 0.1) is 12.1 Å². The fourth-order valence-corrected chi connectivity index (χ4v) is 3.12. The summed E-state index contributed by atoms with van der Waals surface area (Å²) < 4.78 is 33.6. The van der Waals surface area contributed by atoms with E-state index in [4.69, 9.17) is 15.6 Å². The van der Waals surface area contributed by atoms with Crippen molar-refractivity contribution in [2.75, 3.05) is 6.54 Å². The third-order valence-corrected chi connectivity index (χ3v) is 4.66. The number of primary amides is 1. The van der Waals surface area contributed by atoms with Gasteiger partial charge in [-0.15, -0.1) is 0 Å². The standard InChI is InChI=1S/C16H21N5O2.C2HF3O2/c1-11(21-7-2-3-13(21)15(17)22)16(23)19-9-12-4-5-14-18-6-8-20(14)10-12;3-2(4,5)1(6)7/h4-6,8,10-11,13H,2-3,7,9H2,1H3,(H2,17,22)(H,19,23);(H,6,7)/t11?,13-;/m0./s1. The molecule has 2 amide bonds. The maximum absolute atomic E-state index is 12.4. The number of nitrogens with two attached hydrogens (primary N) is 1. The van der Waals surface area contributed by atoms with Crippen molar-refractivity contribution in [3.63, 3.8) is 0 Å². The first-order valence-electron chi connectivity index (χ1n) is 9.05. The zero-order valence-corrected chi connectivity index (χ0v) is 16.1. The first kappa shape index (κ1) is 23.1. The summed E-state index contributed by atoms with van der Waals surface area (Å²) in [4.78, 5) is 38.8. The number of pyridine rings is 1. The molecule has 1 fully saturated rings. The molecule has 4 N–H and O–H groups in total. The number of amides is 2. The number of alkyl halides is 3. The summed E-state index contributed by atoms with van der Waals surface area (Å²) in [6.45, 7) is 2.98. The van der Waals surface area contributed by atoms with Crippen LogP contribution in [0.5, 0.6) is 0 Å². The zero-order chi connectivity index (χ0) is 22.5. The molecule has 3 rings (SSSR count). The van der Waals surface area contributed by atoms with Crippen LogP contribution in [0.25, 0.3) is 5.65 Å². The highest BCUT2D eigenvalue weighted by molar-refractivity contribution is 5.84. The highest BCUT2D eigenvalue weighted by atomic mass is 19.4. The molecule has 2 aromatic heterocycles. The molecule has 12 heteroatoms. The van der Waals surface area contributed by atoms with Gasteiger partial charge >= 0.3 is 12.1 Å². The molecule has 2 aromatic rings. The van der Waals surface area contributed by atoms with Crippen LogP contribution < -0.4 is 11.1 Å². The van der Waals surface area contributed by atoms with Gasteiger partial charge in [0.25, 0.3) is 0 Å². The maximum Gasteiger partial charge on any atom is 0.490 e. The Kier molecular flexibility index (Phi) is 7.38. The van der Waals surface area contributed by atoms with E-state index in [-0.39, 0.29) is 23.9 Å². The van der Waals surface area contributed by atoms with E-state index >= 15 is 0 Å². The van der Waals surface area contributed by atoms with Crippen molar-refractivity contribution >= 4 is 23.4 Å². The number of rotatable bonds is 5. The van der Waals surface area contributed by atoms with E-state index in [1.54, 1.807) is 6.20 Å². The minimum atomic E-state index is -5.08. The molecule has 30 heavy (non-hydrogen) atoms. The number of carboxylic acids is 1. The van der Waals surface area contributed by atoms with E-state index in [0.29, 0.717) is 6.54 Å². The molecule has 164 valence electrons. The molecule has 0 spiro atoms. The number of fused-ring (bicyclic) bond motifs is 1. The molecule has 1 aliphatic rings. The van der Waals surface area contributed by atoms with Gasteiger partial charge in [0, 0.05) is 25.1 Å². The first-order chi connectivity index (χ1) is 14.0. The van der Waals surface area contributed by atoms with E-state index < -0.39 is 12.1 Å². The Morgan fingerprint density at radius 1 is 1.37 bits per heavy atom. The molecule has 2 atom stereocenters. The van der Waals surface area contributed by atoms with Crippen LogP contribution in [-0.4, -0.2) is 62.0 Å². The Morgan fingerprint density at radius 2 is 2.03 bits per heavy atom. The highest BCUT2D eigenvalue weighted by Crippen LogP contribution is 2.20. The molecule has 1 unspecified atom stereocenters. The average molecular weight is 429 g/mol. The number of carboxylic acid groups (broad SMARTS) is 1. The summed E-state index contributed by atoms with van der Waals surface area (Å²) in [6.07, 6.45) is 2.07. The number of carbonyl (C=O) groups is 3. The minimum Gasteiger partial charge on any atom is -0.475 e. The summed E-state index contributed by atoms with van der Waals surface area (Å²) >= 11 is 0. The van der Waals surface area contributed by atoms with Gasteiger partial charge < -0.3 is 20.6 Å². The normalized spacial score (nSPS) is 17.8. The number of imidazole rings is 1. The molecule has 3 heterocycles. The number of nitrogens with one attached hydrogen (secondary N) is 1. The Balaban J connectivity index is 0.000000396. The summed E-state index contributed by atoms with van der Waals surface area (Å²) in [5.41, 5.74) is 7.27. The molecule has 0 bridgehead atoms. The number of carbonyl (C=O) groups excluding carboxylic acids is 2. The van der Waals surface area contributed by atoms with Crippen LogP contribution in [0.4, 0.5) is 13.2 Å². The Bertz CT molecular complexity index is 915. The number of aliphatic carboxylic acids is 1. The third kappa shape index (κ3) is 5.92. The van der Waals surface area contributed by atoms with E-state index in [1.807, 2.05) is 40.8 Å². The van der Waals surface area contributed by atoms with Crippen molar-refractivity contribution in [3.8, 4) is 0 Å². The lowest BCUT2D eigenvalue weighted by molar-refractivity contribution is -0.192. The SMILES string of the molecule is CC(C(=O)NCc1ccc2nccn2c1)N1CCC[C@H]1C(N)=O.O=C(O)C(F)(F)F. The molecule has 0 aliphatic carbocycles. The lowest BCUT2D eigenvalue weighted by atomic mass is 10.1. The van der Waals surface area contributed by atoms with E-state index in [1.165, 1.54) is 0 Å². The van der Waals surface area contributed by atoms with Crippen LogP contribution in [0.3, 0.4) is 0 Å². The lowest BCUT2D eigenvalue weighted by Gasteiger charge is -2.27. The van der Waals surface area contributed by atoms with Crippen LogP contribution >= 0.6 is 0 Å². The second kappa shape index (κ2) is 9.57. The van der Waals surface area contributed by atoms with Crippen LogP contribution in [-0.2, 0) is 20.9 Å². The summed E-state index contributed by atoms with van der Waals surface area (Å²) in [7, 11) is 0. The fraction of sp³-hybridized carbons (Fsp3) is 0.444. The molecule has 9 nitrogen and oxygen atoms in total. The predicted octanol–water partition coefficient (Wildman–Crippen LogP) is 0.922. The molecule has 0 radical (unpaired) electrons. The second-order valence-electron chi connectivity index (χ2n) is 6.72. The van der Waals surface area contributed by atoms with Gasteiger partial charge in [0.1, 0.15) is 5.65 Å². The molecular formula is C18H22F3N5O4. The number of halogens is 3. The van der Waals surface area contributed by atoms with Gasteiger partial charge in [-0.3, -0.25) is 14.5 Å². The second-order valence-corrected chi connectivity index (χ2v) is 6.72. The first-order valence-corrected chi connectivity index (χ1v) is 9.05. The monoisotopic (exact) mass is 429 g/mol. The fourth-order valence-electron chi connectivity index (χ4n) is 3.12. The van der Waals surface area contributed by atoms with E-state index in [9.17, 15) is 22.8 Å². The predicted molar refractivity (Wildman–Crippen MR) is 99.1 cm³/mol. The van der Waals surface area contributed by atoms with Crippen molar-refractivity contribution in [2.24, 2.45) is 5.73 Å². The number of aromatic nitrogens is 2. The lowest BCUT2D eigenvalue weighted by Crippen LogP contribution is -2.50. The maximum atomic E-state index is 12.4. The molecule has 1 saturated heterocycles. The highest BCUT2D eigenvalue weighted by Gasteiger charge is 2.38. The van der Waals surface area contributed by atoms with E-state index in [0.717, 1.165) is 30.6 Å². The number of hydrogen-bond acceptors (Lipinski definition) is 5. The summed E-state index contributed by atoms with van der Waals surface area (Å²) in [5, 5.41) is 10.1. The largest absolute Gasteiger partial charge is 0.490 e. The van der Waals surface area contributed by atoms with Gasteiger partial charge in [-0.05, 0) is 37.9 Å². The minimum absolute atomic E-state index is 0.0936. The van der Waals surface area contributed by atoms with Crippen LogP contribution in [0.1, 0.15) is 25.3 Å². The molecule has 0 aromatic carbocycles.